The summed E-state index contributed by atoms with van der Waals surface area (Å²) in [4.78, 5) is 24.2. The Morgan fingerprint density at radius 3 is 1.57 bits per heavy atom. The van der Waals surface area contributed by atoms with Gasteiger partial charge in [-0.15, -0.1) is 0 Å². The summed E-state index contributed by atoms with van der Waals surface area (Å²) in [6, 6.07) is 45.2. The molecule has 1 aliphatic heterocycles. The Labute approximate surface area is 282 Å². The Bertz CT molecular complexity index is 1760. The number of fused-ring (bicyclic) bond motifs is 1. The van der Waals surface area contributed by atoms with Gasteiger partial charge in [0.25, 0.3) is 0 Å². The maximum absolute atomic E-state index is 12.5. The summed E-state index contributed by atoms with van der Waals surface area (Å²) in [5.74, 6) is -0.148. The van der Waals surface area contributed by atoms with Crippen LogP contribution in [0.25, 0.3) is 0 Å². The Kier molecular flexibility index (Phi) is 9.36. The number of carbonyl (C=O) groups excluding carboxylic acids is 1. The van der Waals surface area contributed by atoms with Crippen LogP contribution in [0.3, 0.4) is 0 Å². The van der Waals surface area contributed by atoms with Crippen molar-refractivity contribution in [1.29, 1.82) is 0 Å². The van der Waals surface area contributed by atoms with Crippen molar-refractivity contribution in [3.63, 3.8) is 0 Å². The molecular weight excluding hydrogens is 599 g/mol. The van der Waals surface area contributed by atoms with Crippen LogP contribution in [0.4, 0.5) is 22.7 Å². The van der Waals surface area contributed by atoms with Gasteiger partial charge < -0.3 is 20.0 Å². The van der Waals surface area contributed by atoms with E-state index in [4.69, 9.17) is 4.99 Å². The highest BCUT2D eigenvalue weighted by Crippen LogP contribution is 2.55. The molecule has 0 atom stereocenters. The van der Waals surface area contributed by atoms with Crippen molar-refractivity contribution in [2.24, 2.45) is 4.99 Å². The molecule has 5 aromatic carbocycles. The largest absolute Gasteiger partial charge is 0.378 e. The summed E-state index contributed by atoms with van der Waals surface area (Å²) in [6.45, 7) is 3.03. The van der Waals surface area contributed by atoms with Crippen LogP contribution in [0.2, 0.25) is 0 Å². The summed E-state index contributed by atoms with van der Waals surface area (Å²) in [7, 11) is 8.20. The molecule has 238 valence electrons. The maximum Gasteiger partial charge on any atom is 0.222 e. The molecule has 47 heavy (non-hydrogen) atoms. The van der Waals surface area contributed by atoms with Gasteiger partial charge in [0.1, 0.15) is 4.75 Å². The SMILES string of the molecule is CC(=O)NC1=Nc2cc(N(Cc3ccccc3)Cc3ccccc3)ccc2C(c2ccc(N(C)C)cc2)(c2ccc(N(C)C)cc2)S1. The van der Waals surface area contributed by atoms with E-state index >= 15 is 0 Å². The molecule has 1 amide bonds. The van der Waals surface area contributed by atoms with Gasteiger partial charge in [-0.1, -0.05) is 103 Å². The van der Waals surface area contributed by atoms with Crippen LogP contribution in [0.5, 0.6) is 0 Å². The van der Waals surface area contributed by atoms with E-state index in [9.17, 15) is 4.79 Å². The highest BCUT2D eigenvalue weighted by molar-refractivity contribution is 8.15. The average molecular weight is 640 g/mol. The van der Waals surface area contributed by atoms with Crippen molar-refractivity contribution in [1.82, 2.24) is 5.32 Å². The Hall–Kier alpha value is -5.01. The zero-order chi connectivity index (χ0) is 33.0. The van der Waals surface area contributed by atoms with Gasteiger partial charge >= 0.3 is 0 Å². The molecule has 0 fully saturated rings. The fourth-order valence-electron chi connectivity index (χ4n) is 6.07. The zero-order valence-electron chi connectivity index (χ0n) is 27.6. The molecule has 1 aliphatic rings. The molecule has 0 radical (unpaired) electrons. The highest BCUT2D eigenvalue weighted by atomic mass is 32.2. The number of anilines is 3. The normalized spacial score (nSPS) is 13.3. The minimum atomic E-state index is -0.660. The Morgan fingerprint density at radius 2 is 1.13 bits per heavy atom. The number of hydrogen-bond donors (Lipinski definition) is 1. The maximum atomic E-state index is 12.5. The predicted octanol–water partition coefficient (Wildman–Crippen LogP) is 8.19. The molecule has 7 heteroatoms. The quantitative estimate of drug-likeness (QED) is 0.176. The first-order chi connectivity index (χ1) is 22.7. The summed E-state index contributed by atoms with van der Waals surface area (Å²) in [6.07, 6.45) is 0. The molecule has 0 aromatic heterocycles. The van der Waals surface area contributed by atoms with Crippen molar-refractivity contribution in [3.8, 4) is 0 Å². The second-order valence-electron chi connectivity index (χ2n) is 12.3. The summed E-state index contributed by atoms with van der Waals surface area (Å²) in [5.41, 5.74) is 9.91. The Balaban J connectivity index is 1.54. The van der Waals surface area contributed by atoms with Crippen molar-refractivity contribution in [3.05, 3.63) is 155 Å². The number of benzene rings is 5. The van der Waals surface area contributed by atoms with Crippen LogP contribution in [0, 0.1) is 0 Å². The van der Waals surface area contributed by atoms with Gasteiger partial charge in [0.2, 0.25) is 5.91 Å². The number of nitrogens with zero attached hydrogens (tertiary/aromatic N) is 4. The number of thioether (sulfide) groups is 1. The van der Waals surface area contributed by atoms with Crippen LogP contribution in [-0.4, -0.2) is 39.3 Å². The molecule has 0 unspecified atom stereocenters. The first-order valence-electron chi connectivity index (χ1n) is 15.8. The van der Waals surface area contributed by atoms with Crippen molar-refractivity contribution >= 4 is 45.6 Å². The standard InChI is InChI=1S/C40H41N5OS/c1-29(46)41-39-42-38-26-36(45(27-30-12-8-6-9-13-30)28-31-14-10-7-11-15-31)24-25-37(38)40(47-39,32-16-20-34(21-17-32)43(2)3)33-18-22-35(23-19-33)44(4)5/h6-26H,27-28H2,1-5H3,(H,41,42,46). The van der Waals surface area contributed by atoms with Crippen LogP contribution < -0.4 is 20.0 Å². The van der Waals surface area contributed by atoms with Crippen molar-refractivity contribution in [2.45, 2.75) is 24.8 Å². The smallest absolute Gasteiger partial charge is 0.222 e. The zero-order valence-corrected chi connectivity index (χ0v) is 28.5. The second kappa shape index (κ2) is 13.8. The van der Waals surface area contributed by atoms with E-state index < -0.39 is 4.75 Å². The number of amides is 1. The molecular formula is C40H41N5OS. The van der Waals surface area contributed by atoms with E-state index in [1.807, 2.05) is 0 Å². The lowest BCUT2D eigenvalue weighted by atomic mass is 9.82. The molecule has 0 spiro atoms. The van der Waals surface area contributed by atoms with E-state index in [-0.39, 0.29) is 5.91 Å². The third-order valence-electron chi connectivity index (χ3n) is 8.49. The average Bonchev–Trinajstić information content (AvgIpc) is 3.08. The van der Waals surface area contributed by atoms with Gasteiger partial charge in [-0.3, -0.25) is 4.79 Å². The summed E-state index contributed by atoms with van der Waals surface area (Å²) >= 11 is 1.58. The molecule has 0 saturated heterocycles. The fraction of sp³-hybridized carbons (Fsp3) is 0.200. The van der Waals surface area contributed by atoms with Crippen LogP contribution >= 0.6 is 11.8 Å². The number of hydrogen-bond acceptors (Lipinski definition) is 6. The van der Waals surface area contributed by atoms with E-state index in [0.29, 0.717) is 5.17 Å². The first kappa shape index (κ1) is 32.0. The van der Waals surface area contributed by atoms with Crippen LogP contribution in [0.15, 0.2) is 132 Å². The molecule has 6 nitrogen and oxygen atoms in total. The Morgan fingerprint density at radius 1 is 0.660 bits per heavy atom. The number of carbonyl (C=O) groups is 1. The minimum absolute atomic E-state index is 0.148. The van der Waals surface area contributed by atoms with E-state index in [2.05, 4.69) is 176 Å². The first-order valence-corrected chi connectivity index (χ1v) is 16.6. The third-order valence-corrected chi connectivity index (χ3v) is 9.88. The topological polar surface area (TPSA) is 51.2 Å². The van der Waals surface area contributed by atoms with Crippen LogP contribution in [-0.2, 0) is 22.6 Å². The van der Waals surface area contributed by atoms with Gasteiger partial charge in [-0.25, -0.2) is 4.99 Å². The minimum Gasteiger partial charge on any atom is -0.378 e. The fourth-order valence-corrected chi connectivity index (χ4v) is 7.49. The van der Waals surface area contributed by atoms with Crippen LogP contribution in [0.1, 0.15) is 34.7 Å². The van der Waals surface area contributed by atoms with Crippen molar-refractivity contribution in [2.75, 3.05) is 42.9 Å². The van der Waals surface area contributed by atoms with Gasteiger partial charge in [0.05, 0.1) is 5.69 Å². The molecule has 0 bridgehead atoms. The lowest BCUT2D eigenvalue weighted by Crippen LogP contribution is -2.36. The molecule has 0 aliphatic carbocycles. The molecule has 6 rings (SSSR count). The molecule has 1 heterocycles. The van der Waals surface area contributed by atoms with E-state index in [1.54, 1.807) is 11.8 Å². The molecule has 5 aromatic rings. The number of rotatable bonds is 9. The monoisotopic (exact) mass is 639 g/mol. The van der Waals surface area contributed by atoms with E-state index in [1.165, 1.54) is 18.1 Å². The molecule has 1 N–H and O–H groups in total. The van der Waals surface area contributed by atoms with E-state index in [0.717, 1.165) is 52.5 Å². The summed E-state index contributed by atoms with van der Waals surface area (Å²) in [5, 5.41) is 3.63. The highest BCUT2D eigenvalue weighted by Gasteiger charge is 2.43. The second-order valence-corrected chi connectivity index (χ2v) is 13.5. The number of amidine groups is 1. The van der Waals surface area contributed by atoms with Gasteiger partial charge in [0, 0.05) is 70.8 Å². The third kappa shape index (κ3) is 6.91. The lowest BCUT2D eigenvalue weighted by Gasteiger charge is -2.39. The van der Waals surface area contributed by atoms with Gasteiger partial charge in [-0.05, 0) is 58.7 Å². The van der Waals surface area contributed by atoms with Crippen molar-refractivity contribution < 1.29 is 4.79 Å². The van der Waals surface area contributed by atoms with Gasteiger partial charge in [0.15, 0.2) is 5.17 Å². The molecule has 0 saturated carbocycles. The number of aliphatic imine (C=N–C) groups is 1. The number of nitrogens with one attached hydrogen (secondary N) is 1. The summed E-state index contributed by atoms with van der Waals surface area (Å²) < 4.78 is -0.660. The van der Waals surface area contributed by atoms with Gasteiger partial charge in [-0.2, -0.15) is 0 Å². The predicted molar refractivity (Wildman–Crippen MR) is 199 cm³/mol. The lowest BCUT2D eigenvalue weighted by molar-refractivity contribution is -0.117.